The highest BCUT2D eigenvalue weighted by Gasteiger charge is 2.37. The summed E-state index contributed by atoms with van der Waals surface area (Å²) >= 11 is 0. The summed E-state index contributed by atoms with van der Waals surface area (Å²) < 4.78 is 51.3. The normalized spacial score (nSPS) is 12.0. The van der Waals surface area contributed by atoms with Crippen molar-refractivity contribution >= 4 is 11.5 Å². The molecular weight excluding hydrogens is 347 g/mol. The Balaban J connectivity index is 2.55. The van der Waals surface area contributed by atoms with Crippen LogP contribution in [0.4, 0.5) is 24.7 Å². The van der Waals surface area contributed by atoms with Gasteiger partial charge < -0.3 is 14.4 Å². The van der Waals surface area contributed by atoms with E-state index in [-0.39, 0.29) is 18.4 Å². The van der Waals surface area contributed by atoms with Gasteiger partial charge in [0.1, 0.15) is 16.9 Å². The summed E-state index contributed by atoms with van der Waals surface area (Å²) in [7, 11) is 1.50. The Labute approximate surface area is 150 Å². The van der Waals surface area contributed by atoms with Crippen molar-refractivity contribution in [3.05, 3.63) is 36.0 Å². The number of rotatable bonds is 5. The zero-order valence-electron chi connectivity index (χ0n) is 15.4. The monoisotopic (exact) mass is 369 g/mol. The number of anilines is 2. The van der Waals surface area contributed by atoms with Gasteiger partial charge >= 0.3 is 12.2 Å². The van der Waals surface area contributed by atoms with Crippen molar-refractivity contribution in [2.24, 2.45) is 0 Å². The molecule has 2 aromatic rings. The van der Waals surface area contributed by atoms with E-state index in [2.05, 4.69) is 9.97 Å². The third-order valence-electron chi connectivity index (χ3n) is 3.29. The van der Waals surface area contributed by atoms with Crippen molar-refractivity contribution in [3.63, 3.8) is 0 Å². The topological polar surface area (TPSA) is 47.5 Å². The fourth-order valence-corrected chi connectivity index (χ4v) is 2.28. The Morgan fingerprint density at radius 1 is 1.12 bits per heavy atom. The van der Waals surface area contributed by atoms with Gasteiger partial charge in [0, 0.05) is 13.2 Å². The standard InChI is InChI=1S/C18H22F3N3O2/c1-6-25-16-22-11-12(18(19,20)21)15(23-16)24(5)13-9-7-8-10-14(13)26-17(2,3)4/h7-11H,6H2,1-5H3. The molecule has 0 fully saturated rings. The third-order valence-corrected chi connectivity index (χ3v) is 3.29. The van der Waals surface area contributed by atoms with Gasteiger partial charge in [0.2, 0.25) is 0 Å². The number of hydrogen-bond acceptors (Lipinski definition) is 5. The van der Waals surface area contributed by atoms with E-state index in [0.717, 1.165) is 6.20 Å². The van der Waals surface area contributed by atoms with Crippen LogP contribution in [0.15, 0.2) is 30.5 Å². The molecule has 0 unspecified atom stereocenters. The molecular formula is C18H22F3N3O2. The summed E-state index contributed by atoms with van der Waals surface area (Å²) in [5, 5.41) is 0. The van der Waals surface area contributed by atoms with Crippen LogP contribution in [-0.2, 0) is 6.18 Å². The number of ether oxygens (including phenoxy) is 2. The summed E-state index contributed by atoms with van der Waals surface area (Å²) in [5.41, 5.74) is -1.01. The average molecular weight is 369 g/mol. The van der Waals surface area contributed by atoms with Gasteiger partial charge in [0.05, 0.1) is 12.3 Å². The van der Waals surface area contributed by atoms with Crippen molar-refractivity contribution in [3.8, 4) is 11.8 Å². The molecule has 0 amide bonds. The molecule has 0 spiro atoms. The molecule has 0 bridgehead atoms. The second kappa shape index (κ2) is 7.39. The maximum Gasteiger partial charge on any atom is 0.421 e. The zero-order valence-corrected chi connectivity index (χ0v) is 15.4. The molecule has 142 valence electrons. The summed E-state index contributed by atoms with van der Waals surface area (Å²) in [5.74, 6) is 0.146. The Hall–Kier alpha value is -2.51. The minimum Gasteiger partial charge on any atom is -0.486 e. The molecule has 0 atom stereocenters. The minimum absolute atomic E-state index is 0.114. The Kier molecular flexibility index (Phi) is 5.63. The van der Waals surface area contributed by atoms with Crippen molar-refractivity contribution in [1.82, 2.24) is 9.97 Å². The van der Waals surface area contributed by atoms with Crippen LogP contribution < -0.4 is 14.4 Å². The first-order valence-electron chi connectivity index (χ1n) is 8.11. The summed E-state index contributed by atoms with van der Waals surface area (Å²) in [6, 6.07) is 6.74. The summed E-state index contributed by atoms with van der Waals surface area (Å²) in [6.45, 7) is 7.55. The summed E-state index contributed by atoms with van der Waals surface area (Å²) in [4.78, 5) is 8.93. The maximum absolute atomic E-state index is 13.4. The lowest BCUT2D eigenvalue weighted by Gasteiger charge is -2.28. The highest BCUT2D eigenvalue weighted by molar-refractivity contribution is 5.68. The first-order chi connectivity index (χ1) is 12.0. The first-order valence-corrected chi connectivity index (χ1v) is 8.11. The molecule has 0 aliphatic heterocycles. The maximum atomic E-state index is 13.4. The van der Waals surface area contributed by atoms with E-state index in [9.17, 15) is 13.2 Å². The van der Waals surface area contributed by atoms with Gasteiger partial charge in [-0.2, -0.15) is 18.2 Å². The zero-order chi connectivity index (χ0) is 19.5. The number of halogens is 3. The Morgan fingerprint density at radius 3 is 2.35 bits per heavy atom. The van der Waals surface area contributed by atoms with E-state index < -0.39 is 17.3 Å². The first kappa shape index (κ1) is 19.8. The molecule has 0 saturated carbocycles. The van der Waals surface area contributed by atoms with Crippen LogP contribution in [0.25, 0.3) is 0 Å². The molecule has 0 N–H and O–H groups in total. The van der Waals surface area contributed by atoms with E-state index in [4.69, 9.17) is 9.47 Å². The lowest BCUT2D eigenvalue weighted by Crippen LogP contribution is -2.25. The molecule has 0 aliphatic carbocycles. The molecule has 26 heavy (non-hydrogen) atoms. The minimum atomic E-state index is -4.60. The number of para-hydroxylation sites is 2. The van der Waals surface area contributed by atoms with Crippen molar-refractivity contribution < 1.29 is 22.6 Å². The van der Waals surface area contributed by atoms with Crippen molar-refractivity contribution in [2.45, 2.75) is 39.5 Å². The fourth-order valence-electron chi connectivity index (χ4n) is 2.28. The van der Waals surface area contributed by atoms with Gasteiger partial charge in [-0.05, 0) is 39.8 Å². The number of aromatic nitrogens is 2. The molecule has 1 aromatic heterocycles. The predicted octanol–water partition coefficient (Wildman–Crippen LogP) is 4.84. The second-order valence-electron chi connectivity index (χ2n) is 6.56. The van der Waals surface area contributed by atoms with Crippen LogP contribution in [0.2, 0.25) is 0 Å². The van der Waals surface area contributed by atoms with E-state index >= 15 is 0 Å². The van der Waals surface area contributed by atoms with Crippen LogP contribution in [0, 0.1) is 0 Å². The highest BCUT2D eigenvalue weighted by Crippen LogP contribution is 2.40. The van der Waals surface area contributed by atoms with E-state index in [0.29, 0.717) is 11.4 Å². The highest BCUT2D eigenvalue weighted by atomic mass is 19.4. The Morgan fingerprint density at radius 2 is 1.77 bits per heavy atom. The average Bonchev–Trinajstić information content (AvgIpc) is 2.52. The second-order valence-corrected chi connectivity index (χ2v) is 6.56. The van der Waals surface area contributed by atoms with Gasteiger partial charge in [-0.25, -0.2) is 4.98 Å². The molecule has 2 rings (SSSR count). The number of nitrogens with zero attached hydrogens (tertiary/aromatic N) is 3. The number of benzene rings is 1. The SMILES string of the molecule is CCOc1ncc(C(F)(F)F)c(N(C)c2ccccc2OC(C)(C)C)n1. The lowest BCUT2D eigenvalue weighted by atomic mass is 10.1. The van der Waals surface area contributed by atoms with Crippen LogP contribution in [0.3, 0.4) is 0 Å². The number of alkyl halides is 3. The van der Waals surface area contributed by atoms with Crippen LogP contribution in [-0.4, -0.2) is 29.2 Å². The molecule has 0 saturated heterocycles. The van der Waals surface area contributed by atoms with Gasteiger partial charge in [-0.15, -0.1) is 0 Å². The molecule has 5 nitrogen and oxygen atoms in total. The molecule has 0 radical (unpaired) electrons. The van der Waals surface area contributed by atoms with Crippen LogP contribution in [0.5, 0.6) is 11.8 Å². The Bertz CT molecular complexity index is 758. The molecule has 1 aromatic carbocycles. The van der Waals surface area contributed by atoms with Gasteiger partial charge in [-0.1, -0.05) is 12.1 Å². The lowest BCUT2D eigenvalue weighted by molar-refractivity contribution is -0.137. The van der Waals surface area contributed by atoms with E-state index in [1.54, 1.807) is 31.2 Å². The predicted molar refractivity (Wildman–Crippen MR) is 93.1 cm³/mol. The summed E-state index contributed by atoms with van der Waals surface area (Å²) in [6.07, 6.45) is -3.87. The quantitative estimate of drug-likeness (QED) is 0.755. The van der Waals surface area contributed by atoms with Gasteiger partial charge in [0.25, 0.3) is 0 Å². The molecule has 1 heterocycles. The van der Waals surface area contributed by atoms with Crippen molar-refractivity contribution in [1.29, 1.82) is 0 Å². The van der Waals surface area contributed by atoms with Gasteiger partial charge in [0.15, 0.2) is 5.82 Å². The smallest absolute Gasteiger partial charge is 0.421 e. The fraction of sp³-hybridized carbons (Fsp3) is 0.444. The van der Waals surface area contributed by atoms with Gasteiger partial charge in [-0.3, -0.25) is 0 Å². The van der Waals surface area contributed by atoms with Crippen LogP contribution >= 0.6 is 0 Å². The van der Waals surface area contributed by atoms with E-state index in [1.165, 1.54) is 11.9 Å². The number of hydrogen-bond donors (Lipinski definition) is 0. The van der Waals surface area contributed by atoms with Crippen molar-refractivity contribution in [2.75, 3.05) is 18.6 Å². The molecule has 8 heteroatoms. The largest absolute Gasteiger partial charge is 0.486 e. The van der Waals surface area contributed by atoms with E-state index in [1.807, 2.05) is 20.8 Å². The van der Waals surface area contributed by atoms with Crippen LogP contribution in [0.1, 0.15) is 33.3 Å². The third kappa shape index (κ3) is 4.77. The molecule has 0 aliphatic rings.